The summed E-state index contributed by atoms with van der Waals surface area (Å²) in [7, 11) is 1.47. The van der Waals surface area contributed by atoms with Gasteiger partial charge in [0.25, 0.3) is 0 Å². The molecule has 2 rings (SSSR count). The number of alkyl halides is 3. The Morgan fingerprint density at radius 3 is 2.14 bits per heavy atom. The zero-order valence-electron chi connectivity index (χ0n) is 11.6. The van der Waals surface area contributed by atoms with Crippen LogP contribution < -0.4 is 15.2 Å². The SMILES string of the molecule is COc1ccc([C@@H](N)c2ccc(OC(F)(F)F)cc2)c(O)c1. The average molecular weight is 313 g/mol. The Kier molecular flexibility index (Phi) is 4.46. The lowest BCUT2D eigenvalue weighted by Gasteiger charge is -2.16. The highest BCUT2D eigenvalue weighted by Crippen LogP contribution is 2.32. The summed E-state index contributed by atoms with van der Waals surface area (Å²) in [4.78, 5) is 0. The summed E-state index contributed by atoms with van der Waals surface area (Å²) in [6.07, 6.45) is -4.74. The van der Waals surface area contributed by atoms with Crippen molar-refractivity contribution in [1.82, 2.24) is 0 Å². The fraction of sp³-hybridized carbons (Fsp3) is 0.200. The first kappa shape index (κ1) is 16.0. The monoisotopic (exact) mass is 313 g/mol. The van der Waals surface area contributed by atoms with Crippen molar-refractivity contribution >= 4 is 0 Å². The molecular weight excluding hydrogens is 299 g/mol. The molecule has 0 saturated heterocycles. The number of phenols is 1. The Labute approximate surface area is 124 Å². The molecule has 3 N–H and O–H groups in total. The molecular formula is C15H14F3NO3. The summed E-state index contributed by atoms with van der Waals surface area (Å²) < 4.78 is 45.1. The molecule has 22 heavy (non-hydrogen) atoms. The van der Waals surface area contributed by atoms with Crippen molar-refractivity contribution in [2.75, 3.05) is 7.11 Å². The molecule has 0 saturated carbocycles. The van der Waals surface area contributed by atoms with Crippen LogP contribution in [-0.2, 0) is 0 Å². The lowest BCUT2D eigenvalue weighted by atomic mass is 9.98. The van der Waals surface area contributed by atoms with Gasteiger partial charge in [-0.1, -0.05) is 12.1 Å². The van der Waals surface area contributed by atoms with E-state index in [1.165, 1.54) is 37.4 Å². The molecule has 0 aromatic heterocycles. The van der Waals surface area contributed by atoms with Crippen LogP contribution >= 0.6 is 0 Å². The summed E-state index contributed by atoms with van der Waals surface area (Å²) in [5.41, 5.74) is 6.99. The molecule has 2 aromatic carbocycles. The molecule has 4 nitrogen and oxygen atoms in total. The normalized spacial score (nSPS) is 12.8. The molecule has 0 aliphatic heterocycles. The molecule has 0 bridgehead atoms. The predicted octanol–water partition coefficient (Wildman–Crippen LogP) is 3.35. The zero-order chi connectivity index (χ0) is 16.3. The Morgan fingerprint density at radius 1 is 1.05 bits per heavy atom. The van der Waals surface area contributed by atoms with Gasteiger partial charge in [-0.2, -0.15) is 0 Å². The van der Waals surface area contributed by atoms with Crippen LogP contribution in [0.2, 0.25) is 0 Å². The summed E-state index contributed by atoms with van der Waals surface area (Å²) >= 11 is 0. The minimum Gasteiger partial charge on any atom is -0.507 e. The summed E-state index contributed by atoms with van der Waals surface area (Å²) in [5, 5.41) is 9.93. The average Bonchev–Trinajstić information content (AvgIpc) is 2.45. The highest BCUT2D eigenvalue weighted by Gasteiger charge is 2.31. The molecule has 7 heteroatoms. The molecule has 0 amide bonds. The number of rotatable bonds is 4. The number of nitrogens with two attached hydrogens (primary N) is 1. The number of phenolic OH excluding ortho intramolecular Hbond substituents is 1. The Bertz CT molecular complexity index is 641. The van der Waals surface area contributed by atoms with Crippen LogP contribution in [0.3, 0.4) is 0 Å². The third-order valence-corrected chi connectivity index (χ3v) is 3.05. The predicted molar refractivity (Wildman–Crippen MR) is 73.8 cm³/mol. The second-order valence-corrected chi connectivity index (χ2v) is 4.52. The molecule has 2 aromatic rings. The van der Waals surface area contributed by atoms with E-state index in [-0.39, 0.29) is 11.5 Å². The van der Waals surface area contributed by atoms with Crippen LogP contribution in [-0.4, -0.2) is 18.6 Å². The van der Waals surface area contributed by atoms with Crippen molar-refractivity contribution in [3.8, 4) is 17.2 Å². The van der Waals surface area contributed by atoms with Gasteiger partial charge >= 0.3 is 6.36 Å². The molecule has 0 spiro atoms. The number of benzene rings is 2. The van der Waals surface area contributed by atoms with Crippen LogP contribution in [0.25, 0.3) is 0 Å². The topological polar surface area (TPSA) is 64.7 Å². The Morgan fingerprint density at radius 2 is 1.64 bits per heavy atom. The van der Waals surface area contributed by atoms with Gasteiger partial charge in [-0.3, -0.25) is 0 Å². The second kappa shape index (κ2) is 6.15. The molecule has 0 radical (unpaired) electrons. The first-order chi connectivity index (χ1) is 10.3. The quantitative estimate of drug-likeness (QED) is 0.908. The molecule has 0 aliphatic rings. The van der Waals surface area contributed by atoms with Crippen LogP contribution in [0, 0.1) is 0 Å². The van der Waals surface area contributed by atoms with Crippen molar-refractivity contribution < 1.29 is 27.8 Å². The van der Waals surface area contributed by atoms with Gasteiger partial charge in [0.05, 0.1) is 13.2 Å². The second-order valence-electron chi connectivity index (χ2n) is 4.52. The maximum atomic E-state index is 12.1. The van der Waals surface area contributed by atoms with Gasteiger partial charge in [-0.15, -0.1) is 13.2 Å². The third-order valence-electron chi connectivity index (χ3n) is 3.05. The van der Waals surface area contributed by atoms with E-state index in [9.17, 15) is 18.3 Å². The van der Waals surface area contributed by atoms with Gasteiger partial charge < -0.3 is 20.3 Å². The summed E-state index contributed by atoms with van der Waals surface area (Å²) in [6.45, 7) is 0. The standard InChI is InChI=1S/C15H14F3NO3/c1-21-11-6-7-12(13(20)8-11)14(19)9-2-4-10(5-3-9)22-15(16,17)18/h2-8,14,20H,19H2,1H3/t14-/m0/s1. The largest absolute Gasteiger partial charge is 0.573 e. The molecule has 0 unspecified atom stereocenters. The van der Waals surface area contributed by atoms with Gasteiger partial charge in [0.15, 0.2) is 0 Å². The van der Waals surface area contributed by atoms with Crippen LogP contribution in [0.1, 0.15) is 17.2 Å². The molecule has 1 atom stereocenters. The van der Waals surface area contributed by atoms with E-state index in [1.807, 2.05) is 0 Å². The highest BCUT2D eigenvalue weighted by atomic mass is 19.4. The number of methoxy groups -OCH3 is 1. The van der Waals surface area contributed by atoms with E-state index in [2.05, 4.69) is 4.74 Å². The van der Waals surface area contributed by atoms with Crippen LogP contribution in [0.5, 0.6) is 17.2 Å². The molecule has 118 valence electrons. The van der Waals surface area contributed by atoms with Gasteiger partial charge in [0.2, 0.25) is 0 Å². The zero-order valence-corrected chi connectivity index (χ0v) is 11.6. The van der Waals surface area contributed by atoms with Crippen molar-refractivity contribution in [1.29, 1.82) is 0 Å². The molecule has 0 fully saturated rings. The maximum absolute atomic E-state index is 12.1. The van der Waals surface area contributed by atoms with E-state index in [4.69, 9.17) is 10.5 Å². The number of hydrogen-bond donors (Lipinski definition) is 2. The van der Waals surface area contributed by atoms with E-state index in [0.29, 0.717) is 16.9 Å². The van der Waals surface area contributed by atoms with Crippen molar-refractivity contribution in [3.05, 3.63) is 53.6 Å². The first-order valence-corrected chi connectivity index (χ1v) is 6.28. The van der Waals surface area contributed by atoms with Gasteiger partial charge in [-0.25, -0.2) is 0 Å². The smallest absolute Gasteiger partial charge is 0.507 e. The van der Waals surface area contributed by atoms with Crippen LogP contribution in [0.15, 0.2) is 42.5 Å². The van der Waals surface area contributed by atoms with Gasteiger partial charge in [-0.05, 0) is 29.8 Å². The number of hydrogen-bond acceptors (Lipinski definition) is 4. The van der Waals surface area contributed by atoms with Crippen molar-refractivity contribution in [2.24, 2.45) is 5.73 Å². The Balaban J connectivity index is 2.21. The van der Waals surface area contributed by atoms with E-state index in [1.54, 1.807) is 12.1 Å². The highest BCUT2D eigenvalue weighted by molar-refractivity contribution is 5.45. The summed E-state index contributed by atoms with van der Waals surface area (Å²) in [5.74, 6) is 0.0900. The first-order valence-electron chi connectivity index (χ1n) is 6.28. The molecule has 0 aliphatic carbocycles. The lowest BCUT2D eigenvalue weighted by molar-refractivity contribution is -0.274. The third kappa shape index (κ3) is 3.82. The lowest BCUT2D eigenvalue weighted by Crippen LogP contribution is -2.17. The minimum atomic E-state index is -4.74. The summed E-state index contributed by atoms with van der Waals surface area (Å²) in [6, 6.07) is 9.12. The number of ether oxygens (including phenoxy) is 2. The van der Waals surface area contributed by atoms with Crippen molar-refractivity contribution in [2.45, 2.75) is 12.4 Å². The fourth-order valence-electron chi connectivity index (χ4n) is 1.97. The van der Waals surface area contributed by atoms with Crippen LogP contribution in [0.4, 0.5) is 13.2 Å². The van der Waals surface area contributed by atoms with E-state index < -0.39 is 12.4 Å². The fourth-order valence-corrected chi connectivity index (χ4v) is 1.97. The number of halogens is 3. The van der Waals surface area contributed by atoms with E-state index in [0.717, 1.165) is 0 Å². The van der Waals surface area contributed by atoms with Gasteiger partial charge in [0, 0.05) is 11.6 Å². The van der Waals surface area contributed by atoms with Crippen molar-refractivity contribution in [3.63, 3.8) is 0 Å². The Hall–Kier alpha value is -2.41. The maximum Gasteiger partial charge on any atom is 0.573 e. The van der Waals surface area contributed by atoms with Gasteiger partial charge in [0.1, 0.15) is 17.2 Å². The molecule has 0 heterocycles. The number of aromatic hydroxyl groups is 1. The minimum absolute atomic E-state index is 0.0533. The van der Waals surface area contributed by atoms with E-state index >= 15 is 0 Å².